The molecule has 4 atom stereocenters. The van der Waals surface area contributed by atoms with Crippen molar-refractivity contribution in [2.45, 2.75) is 26.1 Å². The predicted octanol–water partition coefficient (Wildman–Crippen LogP) is 1.17. The molecule has 2 aliphatic heterocycles. The lowest BCUT2D eigenvalue weighted by Gasteiger charge is -2.18. The van der Waals surface area contributed by atoms with E-state index in [1.165, 1.54) is 0 Å². The summed E-state index contributed by atoms with van der Waals surface area (Å²) >= 11 is 0. The molecule has 7 nitrogen and oxygen atoms in total. The Morgan fingerprint density at radius 3 is 1.96 bits per heavy atom. The highest BCUT2D eigenvalue weighted by Crippen LogP contribution is 2.26. The summed E-state index contributed by atoms with van der Waals surface area (Å²) in [6.07, 6.45) is -0.620. The van der Waals surface area contributed by atoms with Crippen molar-refractivity contribution in [2.24, 2.45) is 11.8 Å². The Morgan fingerprint density at radius 1 is 0.769 bits per heavy atom. The molecule has 2 fully saturated rings. The molecule has 2 saturated heterocycles. The van der Waals surface area contributed by atoms with Gasteiger partial charge in [-0.3, -0.25) is 0 Å². The van der Waals surface area contributed by atoms with Gasteiger partial charge >= 0.3 is 0 Å². The second kappa shape index (κ2) is 6.81. The van der Waals surface area contributed by atoms with Crippen LogP contribution in [0.3, 0.4) is 0 Å². The average Bonchev–Trinajstić information content (AvgIpc) is 3.17. The summed E-state index contributed by atoms with van der Waals surface area (Å²) in [4.78, 5) is 8.87. The highest BCUT2D eigenvalue weighted by Gasteiger charge is 2.29. The fourth-order valence-corrected chi connectivity index (χ4v) is 3.65. The van der Waals surface area contributed by atoms with E-state index in [-0.39, 0.29) is 24.0 Å². The molecule has 2 aromatic rings. The molecule has 2 N–H and O–H groups in total. The van der Waals surface area contributed by atoms with Gasteiger partial charge in [0.1, 0.15) is 11.5 Å². The average molecular weight is 355 g/mol. The smallest absolute Gasteiger partial charge is 0.151 e. The Kier molecular flexibility index (Phi) is 4.50. The topological polar surface area (TPSA) is 85.6 Å². The molecule has 138 valence electrons. The molecule has 0 saturated carbocycles. The van der Waals surface area contributed by atoms with Crippen LogP contribution in [0.25, 0.3) is 11.4 Å². The minimum Gasteiger partial charge on any atom is -0.391 e. The van der Waals surface area contributed by atoms with Crippen molar-refractivity contribution < 1.29 is 10.2 Å². The second-order valence-electron chi connectivity index (χ2n) is 7.56. The third-order valence-electron chi connectivity index (χ3n) is 5.44. The fraction of sp³-hybridized carbons (Fsp3) is 0.526. The maximum atomic E-state index is 9.97. The van der Waals surface area contributed by atoms with E-state index in [2.05, 4.69) is 26.9 Å². The molecule has 0 spiro atoms. The lowest BCUT2D eigenvalue weighted by atomic mass is 10.1. The minimum absolute atomic E-state index is 0.244. The van der Waals surface area contributed by atoms with Gasteiger partial charge in [-0.1, -0.05) is 19.9 Å². The SMILES string of the molecule is C[C@H]1CN(c2ccc(-c3cccc(N4C[C@H](C)[C@@H](O)C4)n3)nn2)C[C@@H]1O. The number of aliphatic hydroxyl groups excluding tert-OH is 2. The first-order chi connectivity index (χ1) is 12.5. The lowest BCUT2D eigenvalue weighted by Crippen LogP contribution is -2.22. The zero-order valence-corrected chi connectivity index (χ0v) is 15.2. The van der Waals surface area contributed by atoms with Gasteiger partial charge in [0.25, 0.3) is 0 Å². The molecule has 4 rings (SSSR count). The molecule has 26 heavy (non-hydrogen) atoms. The first-order valence-electron chi connectivity index (χ1n) is 9.18. The third kappa shape index (κ3) is 3.24. The molecule has 2 aromatic heterocycles. The van der Waals surface area contributed by atoms with E-state index in [4.69, 9.17) is 4.98 Å². The Morgan fingerprint density at radius 2 is 1.42 bits per heavy atom. The number of nitrogens with zero attached hydrogens (tertiary/aromatic N) is 5. The summed E-state index contributed by atoms with van der Waals surface area (Å²) < 4.78 is 0. The van der Waals surface area contributed by atoms with Gasteiger partial charge < -0.3 is 20.0 Å². The molecule has 0 radical (unpaired) electrons. The van der Waals surface area contributed by atoms with E-state index in [0.717, 1.165) is 36.1 Å². The van der Waals surface area contributed by atoms with Crippen LogP contribution in [-0.2, 0) is 0 Å². The molecule has 0 amide bonds. The van der Waals surface area contributed by atoms with Crippen molar-refractivity contribution in [1.82, 2.24) is 15.2 Å². The first-order valence-corrected chi connectivity index (χ1v) is 9.18. The van der Waals surface area contributed by atoms with Crippen molar-refractivity contribution >= 4 is 11.6 Å². The molecule has 0 aliphatic carbocycles. The number of pyridine rings is 1. The molecule has 4 heterocycles. The molecule has 7 heteroatoms. The number of anilines is 2. The van der Waals surface area contributed by atoms with Crippen LogP contribution in [0.4, 0.5) is 11.6 Å². The van der Waals surface area contributed by atoms with Crippen LogP contribution in [-0.4, -0.2) is 63.8 Å². The van der Waals surface area contributed by atoms with Gasteiger partial charge in [-0.25, -0.2) is 4.98 Å². The summed E-state index contributed by atoms with van der Waals surface area (Å²) in [5, 5.41) is 28.6. The number of aliphatic hydroxyl groups is 2. The molecular weight excluding hydrogens is 330 g/mol. The fourth-order valence-electron chi connectivity index (χ4n) is 3.65. The Labute approximate surface area is 153 Å². The van der Waals surface area contributed by atoms with Crippen molar-refractivity contribution in [3.8, 4) is 11.4 Å². The molecular formula is C19H25N5O2. The largest absolute Gasteiger partial charge is 0.391 e. The highest BCUT2D eigenvalue weighted by atomic mass is 16.3. The van der Waals surface area contributed by atoms with Crippen LogP contribution >= 0.6 is 0 Å². The monoisotopic (exact) mass is 355 g/mol. The second-order valence-corrected chi connectivity index (χ2v) is 7.56. The van der Waals surface area contributed by atoms with Crippen molar-refractivity contribution in [2.75, 3.05) is 36.0 Å². The maximum absolute atomic E-state index is 9.97. The normalized spacial score (nSPS) is 28.8. The quantitative estimate of drug-likeness (QED) is 0.855. The van der Waals surface area contributed by atoms with Crippen molar-refractivity contribution in [3.05, 3.63) is 30.3 Å². The van der Waals surface area contributed by atoms with Gasteiger partial charge in [-0.2, -0.15) is 0 Å². The summed E-state index contributed by atoms with van der Waals surface area (Å²) in [6.45, 7) is 6.89. The van der Waals surface area contributed by atoms with Crippen LogP contribution in [0.5, 0.6) is 0 Å². The van der Waals surface area contributed by atoms with Crippen LogP contribution < -0.4 is 9.80 Å². The zero-order valence-electron chi connectivity index (χ0n) is 15.2. The van der Waals surface area contributed by atoms with E-state index in [9.17, 15) is 10.2 Å². The number of hydrogen-bond donors (Lipinski definition) is 2. The number of β-amino-alcohol motifs (C(OH)–C–C–N with tert-alkyl or cyclic N) is 2. The summed E-state index contributed by atoms with van der Waals surface area (Å²) in [6, 6.07) is 9.70. The van der Waals surface area contributed by atoms with Gasteiger partial charge in [0, 0.05) is 38.0 Å². The van der Waals surface area contributed by atoms with Crippen LogP contribution in [0.2, 0.25) is 0 Å². The minimum atomic E-state index is -0.312. The van der Waals surface area contributed by atoms with Gasteiger partial charge in [-0.05, 0) is 24.3 Å². The first kappa shape index (κ1) is 17.2. The lowest BCUT2D eigenvalue weighted by molar-refractivity contribution is 0.157. The van der Waals surface area contributed by atoms with E-state index in [1.54, 1.807) is 0 Å². The van der Waals surface area contributed by atoms with Crippen LogP contribution in [0.1, 0.15) is 13.8 Å². The number of aromatic nitrogens is 3. The Balaban J connectivity index is 1.52. The third-order valence-corrected chi connectivity index (χ3v) is 5.44. The standard InChI is InChI=1S/C19H25N5O2/c1-12-8-23(10-16(12)25)18-5-3-4-14(20-18)15-6-7-19(22-21-15)24-9-13(2)17(26)11-24/h3-7,12-13,16-17,25-26H,8-11H2,1-2H3/t12-,13-,16-,17-/m0/s1. The molecule has 0 unspecified atom stereocenters. The molecule has 0 aromatic carbocycles. The van der Waals surface area contributed by atoms with Gasteiger partial charge in [0.2, 0.25) is 0 Å². The summed E-state index contributed by atoms with van der Waals surface area (Å²) in [5.74, 6) is 2.13. The summed E-state index contributed by atoms with van der Waals surface area (Å²) in [5.41, 5.74) is 1.49. The maximum Gasteiger partial charge on any atom is 0.151 e. The number of rotatable bonds is 3. The predicted molar refractivity (Wildman–Crippen MR) is 100 cm³/mol. The van der Waals surface area contributed by atoms with Gasteiger partial charge in [0.15, 0.2) is 5.82 Å². The van der Waals surface area contributed by atoms with Gasteiger partial charge in [-0.15, -0.1) is 10.2 Å². The molecule has 2 aliphatic rings. The van der Waals surface area contributed by atoms with Gasteiger partial charge in [0.05, 0.1) is 17.9 Å². The Hall–Kier alpha value is -2.25. The van der Waals surface area contributed by atoms with E-state index >= 15 is 0 Å². The van der Waals surface area contributed by atoms with Crippen molar-refractivity contribution in [1.29, 1.82) is 0 Å². The van der Waals surface area contributed by atoms with Crippen LogP contribution in [0, 0.1) is 11.8 Å². The highest BCUT2D eigenvalue weighted by molar-refractivity contribution is 5.58. The number of hydrogen-bond acceptors (Lipinski definition) is 7. The molecule has 0 bridgehead atoms. The zero-order chi connectivity index (χ0) is 18.3. The van der Waals surface area contributed by atoms with E-state index in [1.807, 2.05) is 37.3 Å². The van der Waals surface area contributed by atoms with Crippen molar-refractivity contribution in [3.63, 3.8) is 0 Å². The Bertz CT molecular complexity index is 749. The summed E-state index contributed by atoms with van der Waals surface area (Å²) in [7, 11) is 0. The van der Waals surface area contributed by atoms with E-state index in [0.29, 0.717) is 13.1 Å². The van der Waals surface area contributed by atoms with Crippen LogP contribution in [0.15, 0.2) is 30.3 Å². The van der Waals surface area contributed by atoms with E-state index < -0.39 is 0 Å².